The Hall–Kier alpha value is -3.21. The van der Waals surface area contributed by atoms with Gasteiger partial charge in [0.1, 0.15) is 0 Å². The van der Waals surface area contributed by atoms with Crippen LogP contribution in [0.2, 0.25) is 0 Å². The first-order chi connectivity index (χ1) is 10.6. The number of fused-ring (bicyclic) bond motifs is 1. The molecule has 0 aliphatic rings. The number of hydrogen-bond donors (Lipinski definition) is 3. The second-order valence-electron chi connectivity index (χ2n) is 4.81. The molecule has 0 saturated heterocycles. The number of benzene rings is 3. The van der Waals surface area contributed by atoms with E-state index < -0.39 is 5.97 Å². The van der Waals surface area contributed by atoms with Crippen LogP contribution in [0.5, 0.6) is 17.2 Å². The predicted octanol–water partition coefficient (Wildman–Crippen LogP) is 3.05. The molecule has 22 heavy (non-hydrogen) atoms. The molecule has 0 saturated carbocycles. The average Bonchev–Trinajstić information content (AvgIpc) is 2.52. The number of nitrogens with two attached hydrogens (primary N) is 1. The largest absolute Gasteiger partial charge is 0.504 e. The number of anilines is 1. The highest BCUT2D eigenvalue weighted by Crippen LogP contribution is 2.42. The Labute approximate surface area is 126 Å². The monoisotopic (exact) mass is 295 g/mol. The van der Waals surface area contributed by atoms with Gasteiger partial charge in [0.25, 0.3) is 0 Å². The van der Waals surface area contributed by atoms with Gasteiger partial charge in [-0.2, -0.15) is 0 Å². The smallest absolute Gasteiger partial charge is 0.343 e. The molecule has 0 heterocycles. The summed E-state index contributed by atoms with van der Waals surface area (Å²) in [5.74, 6) is -1.54. The summed E-state index contributed by atoms with van der Waals surface area (Å²) >= 11 is 0. The van der Waals surface area contributed by atoms with Crippen LogP contribution in [0.4, 0.5) is 5.69 Å². The molecule has 0 unspecified atom stereocenters. The second kappa shape index (κ2) is 5.29. The lowest BCUT2D eigenvalue weighted by Crippen LogP contribution is -2.08. The van der Waals surface area contributed by atoms with Gasteiger partial charge < -0.3 is 20.7 Å². The van der Waals surface area contributed by atoms with Crippen molar-refractivity contribution in [1.82, 2.24) is 0 Å². The molecule has 0 spiro atoms. The molecule has 110 valence electrons. The standard InChI is InChI=1S/C17H13NO4/c18-12-7-5-10(6-8-12)17(21)22-16-14(19)9-11-3-1-2-4-13(11)15(16)20/h1-9,19-20H,18H2. The maximum Gasteiger partial charge on any atom is 0.343 e. The average molecular weight is 295 g/mol. The fourth-order valence-corrected chi connectivity index (χ4v) is 2.17. The van der Waals surface area contributed by atoms with Crippen molar-refractivity contribution in [3.05, 3.63) is 60.2 Å². The molecule has 0 atom stereocenters. The van der Waals surface area contributed by atoms with E-state index in [4.69, 9.17) is 10.5 Å². The molecular weight excluding hydrogens is 282 g/mol. The number of phenolic OH excluding ortho intramolecular Hbond substituents is 2. The van der Waals surface area contributed by atoms with Gasteiger partial charge in [-0.05, 0) is 35.7 Å². The Morgan fingerprint density at radius 1 is 1.00 bits per heavy atom. The summed E-state index contributed by atoms with van der Waals surface area (Å²) in [5.41, 5.74) is 6.34. The molecule has 3 aromatic carbocycles. The van der Waals surface area contributed by atoms with Crippen LogP contribution in [0.15, 0.2) is 54.6 Å². The SMILES string of the molecule is Nc1ccc(C(=O)Oc2c(O)cc3ccccc3c2O)cc1. The van der Waals surface area contributed by atoms with Gasteiger partial charge in [-0.1, -0.05) is 24.3 Å². The van der Waals surface area contributed by atoms with E-state index in [1.54, 1.807) is 36.4 Å². The fourth-order valence-electron chi connectivity index (χ4n) is 2.17. The number of aromatic hydroxyl groups is 2. The van der Waals surface area contributed by atoms with Crippen LogP contribution in [0.1, 0.15) is 10.4 Å². The number of carbonyl (C=O) groups is 1. The first-order valence-corrected chi connectivity index (χ1v) is 6.57. The highest BCUT2D eigenvalue weighted by atomic mass is 16.5. The number of ether oxygens (including phenoxy) is 1. The molecular formula is C17H13NO4. The van der Waals surface area contributed by atoms with Crippen LogP contribution in [0, 0.1) is 0 Å². The van der Waals surface area contributed by atoms with Gasteiger partial charge in [0, 0.05) is 11.1 Å². The third kappa shape index (κ3) is 2.40. The quantitative estimate of drug-likeness (QED) is 0.384. The normalized spacial score (nSPS) is 10.5. The zero-order chi connectivity index (χ0) is 15.7. The van der Waals surface area contributed by atoms with Crippen molar-refractivity contribution in [2.75, 3.05) is 5.73 Å². The van der Waals surface area contributed by atoms with Crippen molar-refractivity contribution in [2.24, 2.45) is 0 Å². The topological polar surface area (TPSA) is 92.8 Å². The summed E-state index contributed by atoms with van der Waals surface area (Å²) in [5, 5.41) is 21.3. The van der Waals surface area contributed by atoms with Crippen LogP contribution >= 0.6 is 0 Å². The summed E-state index contributed by atoms with van der Waals surface area (Å²) in [7, 11) is 0. The lowest BCUT2D eigenvalue weighted by atomic mass is 10.1. The molecule has 5 heteroatoms. The number of phenols is 2. The minimum Gasteiger partial charge on any atom is -0.504 e. The van der Waals surface area contributed by atoms with Gasteiger partial charge in [0.2, 0.25) is 5.75 Å². The molecule has 4 N–H and O–H groups in total. The Morgan fingerprint density at radius 2 is 1.68 bits per heavy atom. The van der Waals surface area contributed by atoms with Crippen molar-refractivity contribution in [3.63, 3.8) is 0 Å². The van der Waals surface area contributed by atoms with E-state index in [1.165, 1.54) is 18.2 Å². The van der Waals surface area contributed by atoms with Crippen molar-refractivity contribution < 1.29 is 19.7 Å². The first-order valence-electron chi connectivity index (χ1n) is 6.57. The molecule has 0 aliphatic heterocycles. The molecule has 0 amide bonds. The summed E-state index contributed by atoms with van der Waals surface area (Å²) in [6.07, 6.45) is 0. The number of esters is 1. The highest BCUT2D eigenvalue weighted by Gasteiger charge is 2.18. The van der Waals surface area contributed by atoms with Crippen molar-refractivity contribution in [3.8, 4) is 17.2 Å². The maximum absolute atomic E-state index is 12.1. The van der Waals surface area contributed by atoms with E-state index in [2.05, 4.69) is 0 Å². The minimum atomic E-state index is -0.694. The maximum atomic E-state index is 12.1. The van der Waals surface area contributed by atoms with E-state index in [0.29, 0.717) is 16.5 Å². The minimum absolute atomic E-state index is 0.263. The number of hydrogen-bond acceptors (Lipinski definition) is 5. The third-order valence-corrected chi connectivity index (χ3v) is 3.30. The Bertz CT molecular complexity index is 856. The van der Waals surface area contributed by atoms with Crippen LogP contribution in [-0.2, 0) is 0 Å². The Balaban J connectivity index is 2.00. The van der Waals surface area contributed by atoms with Crippen LogP contribution < -0.4 is 10.5 Å². The van der Waals surface area contributed by atoms with Gasteiger partial charge in [-0.15, -0.1) is 0 Å². The van der Waals surface area contributed by atoms with Crippen molar-refractivity contribution in [1.29, 1.82) is 0 Å². The van der Waals surface area contributed by atoms with Gasteiger partial charge in [0.05, 0.1) is 5.56 Å². The van der Waals surface area contributed by atoms with Crippen molar-refractivity contribution in [2.45, 2.75) is 0 Å². The van der Waals surface area contributed by atoms with Crippen LogP contribution in [0.3, 0.4) is 0 Å². The van der Waals surface area contributed by atoms with E-state index in [9.17, 15) is 15.0 Å². The van der Waals surface area contributed by atoms with Gasteiger partial charge in [-0.3, -0.25) is 0 Å². The Morgan fingerprint density at radius 3 is 2.41 bits per heavy atom. The molecule has 0 fully saturated rings. The van der Waals surface area contributed by atoms with Gasteiger partial charge in [-0.25, -0.2) is 4.79 Å². The summed E-state index contributed by atoms with van der Waals surface area (Å²) in [6.45, 7) is 0. The third-order valence-electron chi connectivity index (χ3n) is 3.30. The zero-order valence-corrected chi connectivity index (χ0v) is 11.5. The molecule has 3 rings (SSSR count). The lowest BCUT2D eigenvalue weighted by Gasteiger charge is -2.11. The number of rotatable bonds is 2. The van der Waals surface area contributed by atoms with Crippen LogP contribution in [-0.4, -0.2) is 16.2 Å². The van der Waals surface area contributed by atoms with E-state index >= 15 is 0 Å². The zero-order valence-electron chi connectivity index (χ0n) is 11.5. The highest BCUT2D eigenvalue weighted by molar-refractivity contribution is 5.96. The second-order valence-corrected chi connectivity index (χ2v) is 4.81. The molecule has 0 bridgehead atoms. The predicted molar refractivity (Wildman–Crippen MR) is 83.1 cm³/mol. The summed E-state index contributed by atoms with van der Waals surface area (Å²) in [6, 6.07) is 14.5. The summed E-state index contributed by atoms with van der Waals surface area (Å²) < 4.78 is 5.13. The molecule has 0 radical (unpaired) electrons. The molecule has 3 aromatic rings. The number of nitrogen functional groups attached to an aromatic ring is 1. The lowest BCUT2D eigenvalue weighted by molar-refractivity contribution is 0.0725. The Kier molecular flexibility index (Phi) is 3.31. The van der Waals surface area contributed by atoms with E-state index in [0.717, 1.165) is 0 Å². The molecule has 0 aromatic heterocycles. The van der Waals surface area contributed by atoms with Gasteiger partial charge in [0.15, 0.2) is 11.5 Å². The van der Waals surface area contributed by atoms with Crippen molar-refractivity contribution >= 4 is 22.4 Å². The van der Waals surface area contributed by atoms with Crippen LogP contribution in [0.25, 0.3) is 10.8 Å². The fraction of sp³-hybridized carbons (Fsp3) is 0. The first kappa shape index (κ1) is 13.8. The number of carbonyl (C=O) groups excluding carboxylic acids is 1. The van der Waals surface area contributed by atoms with Gasteiger partial charge >= 0.3 is 5.97 Å². The molecule has 5 nitrogen and oxygen atoms in total. The molecule has 0 aliphatic carbocycles. The van der Waals surface area contributed by atoms with E-state index in [1.807, 2.05) is 0 Å². The summed E-state index contributed by atoms with van der Waals surface area (Å²) in [4.78, 5) is 12.1. The van der Waals surface area contributed by atoms with E-state index in [-0.39, 0.29) is 22.8 Å².